The van der Waals surface area contributed by atoms with E-state index in [-0.39, 0.29) is 0 Å². The van der Waals surface area contributed by atoms with E-state index < -0.39 is 10.3 Å². The van der Waals surface area contributed by atoms with E-state index in [4.69, 9.17) is 11.9 Å². The normalized spacial score (nSPS) is 21.9. The molecule has 1 fully saturated rings. The molecule has 0 aromatic rings. The van der Waals surface area contributed by atoms with Gasteiger partial charge in [0.1, 0.15) is 0 Å². The van der Waals surface area contributed by atoms with E-state index in [9.17, 15) is 8.42 Å². The first-order valence-electron chi connectivity index (χ1n) is 3.47. The maximum atomic E-state index is 10.9. The molecule has 1 aliphatic heterocycles. The molecule has 0 radical (unpaired) electrons. The summed E-state index contributed by atoms with van der Waals surface area (Å²) in [6, 6.07) is 0. The summed E-state index contributed by atoms with van der Waals surface area (Å²) in [7, 11) is -3.62. The summed E-state index contributed by atoms with van der Waals surface area (Å²) in [5.74, 6) is 0. The van der Waals surface area contributed by atoms with Crippen molar-refractivity contribution in [3.63, 3.8) is 0 Å². The van der Waals surface area contributed by atoms with Crippen molar-refractivity contribution in [1.82, 2.24) is 4.31 Å². The molecule has 66 valence electrons. The van der Waals surface area contributed by atoms with E-state index >= 15 is 0 Å². The Labute approximate surface area is 71.5 Å². The Hall–Kier alpha value is 0.160. The van der Waals surface area contributed by atoms with Gasteiger partial charge in [-0.1, -0.05) is 6.42 Å². The topological polar surface area (TPSA) is 46.6 Å². The van der Waals surface area contributed by atoms with Crippen molar-refractivity contribution in [2.24, 2.45) is 0 Å². The quantitative estimate of drug-likeness (QED) is 0.664. The standard InChI is InChI=1S/C5H10ClNO3S/c6-10-11(8,9)7-4-2-1-3-5-7/h1-5H2. The second-order valence-corrected chi connectivity index (χ2v) is 4.36. The summed E-state index contributed by atoms with van der Waals surface area (Å²) in [4.78, 5) is 0. The highest BCUT2D eigenvalue weighted by atomic mass is 35.5. The third-order valence-corrected chi connectivity index (χ3v) is 3.35. The molecule has 0 aromatic carbocycles. The summed E-state index contributed by atoms with van der Waals surface area (Å²) in [5, 5.41) is 0. The zero-order valence-electron chi connectivity index (χ0n) is 5.99. The molecule has 6 heteroatoms. The van der Waals surface area contributed by atoms with Crippen LogP contribution in [-0.2, 0) is 14.0 Å². The lowest BCUT2D eigenvalue weighted by Crippen LogP contribution is -2.35. The Balaban J connectivity index is 2.58. The van der Waals surface area contributed by atoms with Crippen molar-refractivity contribution in [2.75, 3.05) is 13.1 Å². The van der Waals surface area contributed by atoms with Gasteiger partial charge in [-0.2, -0.15) is 12.7 Å². The lowest BCUT2D eigenvalue weighted by molar-refractivity contribution is 0.317. The monoisotopic (exact) mass is 199 g/mol. The molecule has 0 aromatic heterocycles. The Morgan fingerprint density at radius 2 is 1.73 bits per heavy atom. The fourth-order valence-electron chi connectivity index (χ4n) is 1.13. The summed E-state index contributed by atoms with van der Waals surface area (Å²) in [6.45, 7) is 1.05. The Kier molecular flexibility index (Phi) is 3.12. The predicted octanol–water partition coefficient (Wildman–Crippen LogP) is 0.888. The second kappa shape index (κ2) is 3.71. The predicted molar refractivity (Wildman–Crippen MR) is 41.3 cm³/mol. The molecule has 11 heavy (non-hydrogen) atoms. The molecule has 0 atom stereocenters. The lowest BCUT2D eigenvalue weighted by Gasteiger charge is -2.23. The van der Waals surface area contributed by atoms with E-state index in [0.29, 0.717) is 13.1 Å². The van der Waals surface area contributed by atoms with Gasteiger partial charge in [0, 0.05) is 13.1 Å². The minimum absolute atomic E-state index is 0.523. The highest BCUT2D eigenvalue weighted by Gasteiger charge is 2.24. The molecule has 1 saturated heterocycles. The molecule has 1 rings (SSSR count). The number of rotatable bonds is 2. The molecule has 1 heterocycles. The molecule has 0 aliphatic carbocycles. The largest absolute Gasteiger partial charge is 0.354 e. The molecule has 0 N–H and O–H groups in total. The van der Waals surface area contributed by atoms with Crippen molar-refractivity contribution in [2.45, 2.75) is 19.3 Å². The van der Waals surface area contributed by atoms with Crippen molar-refractivity contribution in [3.8, 4) is 0 Å². The first kappa shape index (κ1) is 9.25. The van der Waals surface area contributed by atoms with Gasteiger partial charge in [0.25, 0.3) is 0 Å². The van der Waals surface area contributed by atoms with Crippen LogP contribution in [0.4, 0.5) is 0 Å². The SMILES string of the molecule is O=S(=O)(OCl)N1CCCCC1. The van der Waals surface area contributed by atoms with Crippen LogP contribution in [-0.4, -0.2) is 25.8 Å². The minimum Gasteiger partial charge on any atom is -0.180 e. The van der Waals surface area contributed by atoms with E-state index in [0.717, 1.165) is 19.3 Å². The van der Waals surface area contributed by atoms with E-state index in [2.05, 4.69) is 3.74 Å². The van der Waals surface area contributed by atoms with Crippen molar-refractivity contribution >= 4 is 22.2 Å². The number of hydrogen-bond acceptors (Lipinski definition) is 3. The van der Waals surface area contributed by atoms with Crippen molar-refractivity contribution in [3.05, 3.63) is 0 Å². The van der Waals surface area contributed by atoms with Gasteiger partial charge < -0.3 is 0 Å². The van der Waals surface area contributed by atoms with Crippen molar-refractivity contribution in [1.29, 1.82) is 0 Å². The molecule has 0 bridgehead atoms. The molecular weight excluding hydrogens is 190 g/mol. The van der Waals surface area contributed by atoms with Crippen LogP contribution in [0.5, 0.6) is 0 Å². The van der Waals surface area contributed by atoms with Crippen molar-refractivity contribution < 1.29 is 12.2 Å². The molecule has 4 nitrogen and oxygen atoms in total. The van der Waals surface area contributed by atoms with Crippen LogP contribution in [0.15, 0.2) is 0 Å². The van der Waals surface area contributed by atoms with Crippen LogP contribution in [0.2, 0.25) is 0 Å². The second-order valence-electron chi connectivity index (χ2n) is 2.48. The highest BCUT2D eigenvalue weighted by Crippen LogP contribution is 2.14. The van der Waals surface area contributed by atoms with Gasteiger partial charge in [-0.05, 0) is 12.8 Å². The first-order chi connectivity index (χ1) is 5.17. The fraction of sp³-hybridized carbons (Fsp3) is 1.00. The van der Waals surface area contributed by atoms with E-state index in [1.807, 2.05) is 0 Å². The van der Waals surface area contributed by atoms with Crippen LogP contribution in [0.3, 0.4) is 0 Å². The van der Waals surface area contributed by atoms with Crippen LogP contribution >= 0.6 is 11.9 Å². The van der Waals surface area contributed by atoms with Crippen LogP contribution < -0.4 is 0 Å². The summed E-state index contributed by atoms with van der Waals surface area (Å²) in [6.07, 6.45) is 2.85. The molecule has 0 saturated carbocycles. The highest BCUT2D eigenvalue weighted by molar-refractivity contribution is 7.85. The third-order valence-electron chi connectivity index (χ3n) is 1.71. The molecule has 0 spiro atoms. The van der Waals surface area contributed by atoms with Gasteiger partial charge in [0.2, 0.25) is 0 Å². The average molecular weight is 200 g/mol. The van der Waals surface area contributed by atoms with Crippen LogP contribution in [0.25, 0.3) is 0 Å². The first-order valence-corrected chi connectivity index (χ1v) is 5.14. The van der Waals surface area contributed by atoms with Gasteiger partial charge >= 0.3 is 10.3 Å². The Morgan fingerprint density at radius 3 is 2.18 bits per heavy atom. The maximum Gasteiger partial charge on any atom is 0.354 e. The molecular formula is C5H10ClNO3S. The summed E-state index contributed by atoms with van der Waals surface area (Å²) in [5.41, 5.74) is 0. The lowest BCUT2D eigenvalue weighted by atomic mass is 10.2. The molecule has 0 amide bonds. The van der Waals surface area contributed by atoms with Gasteiger partial charge in [0.15, 0.2) is 0 Å². The van der Waals surface area contributed by atoms with E-state index in [1.54, 1.807) is 0 Å². The average Bonchev–Trinajstić information content (AvgIpc) is 2.06. The maximum absolute atomic E-state index is 10.9. The minimum atomic E-state index is -3.62. The summed E-state index contributed by atoms with van der Waals surface area (Å²) < 4.78 is 27.0. The van der Waals surface area contributed by atoms with E-state index in [1.165, 1.54) is 4.31 Å². The number of hydrogen-bond donors (Lipinski definition) is 0. The van der Waals surface area contributed by atoms with Crippen LogP contribution in [0, 0.1) is 0 Å². The number of piperidine rings is 1. The summed E-state index contributed by atoms with van der Waals surface area (Å²) >= 11 is 4.80. The fourth-order valence-corrected chi connectivity index (χ4v) is 2.15. The van der Waals surface area contributed by atoms with Gasteiger partial charge in [-0.25, -0.2) is 0 Å². The molecule has 0 unspecified atom stereocenters. The number of halogens is 1. The van der Waals surface area contributed by atoms with Gasteiger partial charge in [-0.3, -0.25) is 0 Å². The number of nitrogens with zero attached hydrogens (tertiary/aromatic N) is 1. The Bertz CT molecular complexity index is 210. The van der Waals surface area contributed by atoms with Gasteiger partial charge in [0.05, 0.1) is 11.9 Å². The third kappa shape index (κ3) is 2.30. The Morgan fingerprint density at radius 1 is 1.18 bits per heavy atom. The zero-order valence-corrected chi connectivity index (χ0v) is 7.57. The molecule has 1 aliphatic rings. The van der Waals surface area contributed by atoms with Crippen LogP contribution in [0.1, 0.15) is 19.3 Å². The smallest absolute Gasteiger partial charge is 0.180 e. The zero-order chi connectivity index (χ0) is 8.32. The van der Waals surface area contributed by atoms with Gasteiger partial charge in [-0.15, -0.1) is 3.74 Å².